The van der Waals surface area contributed by atoms with Crippen molar-refractivity contribution in [1.82, 2.24) is 5.32 Å². The summed E-state index contributed by atoms with van der Waals surface area (Å²) in [5, 5.41) is 2.15. The van der Waals surface area contributed by atoms with E-state index >= 15 is 0 Å². The lowest BCUT2D eigenvalue weighted by Crippen LogP contribution is -2.33. The number of nitrogens with one attached hydrogen (secondary N) is 1. The Kier molecular flexibility index (Phi) is 5.12. The number of ether oxygens (including phenoxy) is 1. The molecule has 0 aliphatic carbocycles. The second kappa shape index (κ2) is 5.57. The quantitative estimate of drug-likeness (QED) is 0.771. The lowest BCUT2D eigenvalue weighted by atomic mass is 10.2. The van der Waals surface area contributed by atoms with Crippen molar-refractivity contribution in [2.45, 2.75) is 26.4 Å². The van der Waals surface area contributed by atoms with Crippen molar-refractivity contribution in [2.75, 3.05) is 13.2 Å². The zero-order valence-corrected chi connectivity index (χ0v) is 8.56. The molecule has 0 rings (SSSR count). The Labute approximate surface area is 82.1 Å². The lowest BCUT2D eigenvalue weighted by Gasteiger charge is -2.19. The van der Waals surface area contributed by atoms with E-state index in [-0.39, 0.29) is 6.54 Å². The maximum Gasteiger partial charge on any atom is 0.408 e. The molecule has 3 nitrogen and oxygen atoms in total. The van der Waals surface area contributed by atoms with Crippen LogP contribution in [-0.2, 0) is 4.74 Å². The van der Waals surface area contributed by atoms with Gasteiger partial charge >= 0.3 is 6.09 Å². The van der Waals surface area contributed by atoms with Crippen LogP contribution in [0.4, 0.5) is 13.6 Å². The number of carbonyl (C=O) groups excluding carboxylic acids is 1. The number of halogens is 2. The van der Waals surface area contributed by atoms with Gasteiger partial charge in [-0.1, -0.05) is 0 Å². The second-order valence-electron chi connectivity index (χ2n) is 3.66. The summed E-state index contributed by atoms with van der Waals surface area (Å²) >= 11 is 0. The SMILES string of the molecule is CC(C)(C)OC(=O)NC/C(F)=C/CF. The van der Waals surface area contributed by atoms with Crippen molar-refractivity contribution < 1.29 is 18.3 Å². The zero-order valence-electron chi connectivity index (χ0n) is 8.56. The number of amides is 1. The molecule has 0 aliphatic heterocycles. The number of rotatable bonds is 3. The molecule has 0 saturated carbocycles. The first kappa shape index (κ1) is 12.9. The van der Waals surface area contributed by atoms with Crippen molar-refractivity contribution in [3.8, 4) is 0 Å². The van der Waals surface area contributed by atoms with Crippen LogP contribution in [-0.4, -0.2) is 24.9 Å². The van der Waals surface area contributed by atoms with Crippen LogP contribution in [0.3, 0.4) is 0 Å². The van der Waals surface area contributed by atoms with Gasteiger partial charge in [0.2, 0.25) is 0 Å². The highest BCUT2D eigenvalue weighted by atomic mass is 19.1. The van der Waals surface area contributed by atoms with Gasteiger partial charge in [0.15, 0.2) is 0 Å². The minimum Gasteiger partial charge on any atom is -0.444 e. The predicted octanol–water partition coefficient (Wildman–Crippen LogP) is 2.33. The minimum absolute atomic E-state index is 0.348. The van der Waals surface area contributed by atoms with E-state index in [0.29, 0.717) is 0 Å². The summed E-state index contributed by atoms with van der Waals surface area (Å²) in [7, 11) is 0. The van der Waals surface area contributed by atoms with Crippen LogP contribution < -0.4 is 5.32 Å². The summed E-state index contributed by atoms with van der Waals surface area (Å²) in [5.41, 5.74) is -0.621. The maximum absolute atomic E-state index is 12.5. The minimum atomic E-state index is -0.887. The van der Waals surface area contributed by atoms with E-state index in [1.54, 1.807) is 20.8 Å². The molecule has 0 unspecified atom stereocenters. The summed E-state index contributed by atoms with van der Waals surface area (Å²) < 4.78 is 29.0. The third-order valence-corrected chi connectivity index (χ3v) is 1.10. The smallest absolute Gasteiger partial charge is 0.408 e. The molecule has 0 aromatic heterocycles. The third kappa shape index (κ3) is 7.52. The molecule has 82 valence electrons. The highest BCUT2D eigenvalue weighted by molar-refractivity contribution is 5.67. The van der Waals surface area contributed by atoms with Gasteiger partial charge < -0.3 is 10.1 Å². The van der Waals surface area contributed by atoms with E-state index in [1.807, 2.05) is 0 Å². The Bertz CT molecular complexity index is 221. The van der Waals surface area contributed by atoms with Crippen molar-refractivity contribution in [3.63, 3.8) is 0 Å². The summed E-state index contributed by atoms with van der Waals surface area (Å²) in [6, 6.07) is 0. The molecule has 0 saturated heterocycles. The summed E-state index contributed by atoms with van der Waals surface area (Å²) in [6.45, 7) is 3.85. The molecule has 0 spiro atoms. The molecule has 0 aliphatic rings. The molecule has 14 heavy (non-hydrogen) atoms. The van der Waals surface area contributed by atoms with Gasteiger partial charge in [0.25, 0.3) is 0 Å². The van der Waals surface area contributed by atoms with E-state index in [9.17, 15) is 13.6 Å². The van der Waals surface area contributed by atoms with Crippen LogP contribution in [0.1, 0.15) is 20.8 Å². The number of hydrogen-bond acceptors (Lipinski definition) is 2. The molecule has 5 heteroatoms. The van der Waals surface area contributed by atoms with E-state index in [4.69, 9.17) is 4.74 Å². The number of carbonyl (C=O) groups is 1. The van der Waals surface area contributed by atoms with Crippen LogP contribution in [0.2, 0.25) is 0 Å². The van der Waals surface area contributed by atoms with Crippen LogP contribution in [0.5, 0.6) is 0 Å². The van der Waals surface area contributed by atoms with Gasteiger partial charge in [0.05, 0.1) is 6.54 Å². The first-order chi connectivity index (χ1) is 6.35. The second-order valence-corrected chi connectivity index (χ2v) is 3.66. The molecule has 0 bridgehead atoms. The van der Waals surface area contributed by atoms with Crippen LogP contribution in [0, 0.1) is 0 Å². The van der Waals surface area contributed by atoms with Crippen molar-refractivity contribution >= 4 is 6.09 Å². The average molecular weight is 207 g/mol. The van der Waals surface area contributed by atoms with Gasteiger partial charge in [-0.2, -0.15) is 0 Å². The topological polar surface area (TPSA) is 38.3 Å². The molecular formula is C9H15F2NO2. The normalized spacial score (nSPS) is 12.5. The first-order valence-corrected chi connectivity index (χ1v) is 4.22. The molecular weight excluding hydrogens is 192 g/mol. The molecule has 0 atom stereocenters. The van der Waals surface area contributed by atoms with Crippen molar-refractivity contribution in [3.05, 3.63) is 11.9 Å². The Morgan fingerprint density at radius 2 is 2.07 bits per heavy atom. The fourth-order valence-corrected chi connectivity index (χ4v) is 0.627. The Hall–Kier alpha value is -1.13. The highest BCUT2D eigenvalue weighted by Gasteiger charge is 2.15. The largest absolute Gasteiger partial charge is 0.444 e. The summed E-state index contributed by atoms with van der Waals surface area (Å²) in [4.78, 5) is 10.9. The Balaban J connectivity index is 3.81. The fourth-order valence-electron chi connectivity index (χ4n) is 0.627. The van der Waals surface area contributed by atoms with Crippen LogP contribution >= 0.6 is 0 Å². The molecule has 0 aromatic carbocycles. The predicted molar refractivity (Wildman–Crippen MR) is 49.4 cm³/mol. The van der Waals surface area contributed by atoms with E-state index in [0.717, 1.165) is 6.08 Å². The molecule has 0 radical (unpaired) electrons. The zero-order chi connectivity index (χ0) is 11.2. The third-order valence-electron chi connectivity index (χ3n) is 1.10. The number of allylic oxidation sites excluding steroid dienone is 1. The van der Waals surface area contributed by atoms with E-state index < -0.39 is 24.2 Å². The molecule has 1 N–H and O–H groups in total. The van der Waals surface area contributed by atoms with Crippen LogP contribution in [0.25, 0.3) is 0 Å². The van der Waals surface area contributed by atoms with E-state index in [1.165, 1.54) is 0 Å². The maximum atomic E-state index is 12.5. The average Bonchev–Trinajstić information content (AvgIpc) is 1.98. The monoisotopic (exact) mass is 207 g/mol. The first-order valence-electron chi connectivity index (χ1n) is 4.22. The fraction of sp³-hybridized carbons (Fsp3) is 0.667. The van der Waals surface area contributed by atoms with Crippen molar-refractivity contribution in [2.24, 2.45) is 0 Å². The van der Waals surface area contributed by atoms with Gasteiger partial charge in [0.1, 0.15) is 18.1 Å². The Morgan fingerprint density at radius 3 is 2.50 bits per heavy atom. The Morgan fingerprint density at radius 1 is 1.50 bits per heavy atom. The number of alkyl halides is 1. The number of hydrogen-bond donors (Lipinski definition) is 1. The van der Waals surface area contributed by atoms with Gasteiger partial charge in [-0.05, 0) is 26.8 Å². The molecule has 0 aromatic rings. The summed E-state index contributed by atoms with van der Waals surface area (Å²) in [5.74, 6) is -0.724. The van der Waals surface area contributed by atoms with Gasteiger partial charge in [0, 0.05) is 0 Å². The number of alkyl carbamates (subject to hydrolysis) is 1. The lowest BCUT2D eigenvalue weighted by molar-refractivity contribution is 0.0529. The van der Waals surface area contributed by atoms with Crippen molar-refractivity contribution in [1.29, 1.82) is 0 Å². The van der Waals surface area contributed by atoms with Gasteiger partial charge in [-0.3, -0.25) is 0 Å². The van der Waals surface area contributed by atoms with Gasteiger partial charge in [-0.25, -0.2) is 13.6 Å². The molecule has 1 amide bonds. The van der Waals surface area contributed by atoms with Gasteiger partial charge in [-0.15, -0.1) is 0 Å². The highest BCUT2D eigenvalue weighted by Crippen LogP contribution is 2.06. The standard InChI is InChI=1S/C9H15F2NO2/c1-9(2,3)14-8(13)12-6-7(11)4-5-10/h4H,5-6H2,1-3H3,(H,12,13)/b7-4-. The molecule has 0 fully saturated rings. The van der Waals surface area contributed by atoms with Crippen LogP contribution in [0.15, 0.2) is 11.9 Å². The molecule has 0 heterocycles. The van der Waals surface area contributed by atoms with E-state index in [2.05, 4.69) is 5.32 Å². The summed E-state index contributed by atoms with van der Waals surface area (Å²) in [6.07, 6.45) is 0.0251.